The molecule has 2 aromatic carbocycles. The molecule has 6 nitrogen and oxygen atoms in total. The molecule has 1 amide bonds. The van der Waals surface area contributed by atoms with Crippen molar-refractivity contribution in [3.8, 4) is 16.9 Å². The summed E-state index contributed by atoms with van der Waals surface area (Å²) in [6.07, 6.45) is 3.31. The third-order valence-electron chi connectivity index (χ3n) is 6.22. The van der Waals surface area contributed by atoms with Gasteiger partial charge in [0, 0.05) is 30.8 Å². The summed E-state index contributed by atoms with van der Waals surface area (Å²) < 4.78 is 26.4. The van der Waals surface area contributed by atoms with E-state index >= 15 is 0 Å². The number of benzene rings is 2. The molecule has 3 heterocycles. The number of rotatable bonds is 4. The van der Waals surface area contributed by atoms with E-state index in [9.17, 15) is 9.18 Å². The van der Waals surface area contributed by atoms with E-state index < -0.39 is 0 Å². The second-order valence-corrected chi connectivity index (χ2v) is 8.42. The van der Waals surface area contributed by atoms with Gasteiger partial charge in [-0.1, -0.05) is 29.8 Å². The molecule has 2 aliphatic heterocycles. The van der Waals surface area contributed by atoms with E-state index in [-0.39, 0.29) is 18.0 Å². The molecule has 0 saturated carbocycles. The first-order valence-corrected chi connectivity index (χ1v) is 11.0. The highest BCUT2D eigenvalue weighted by Crippen LogP contribution is 2.29. The first-order chi connectivity index (χ1) is 15.6. The Morgan fingerprint density at radius 3 is 2.31 bits per heavy atom. The molecule has 2 fully saturated rings. The number of carbonyl (C=O) groups is 1. The van der Waals surface area contributed by atoms with E-state index in [0.29, 0.717) is 49.2 Å². The minimum Gasteiger partial charge on any atom is -0.350 e. The third kappa shape index (κ3) is 4.18. The van der Waals surface area contributed by atoms with Crippen LogP contribution < -0.4 is 0 Å². The van der Waals surface area contributed by atoms with Crippen molar-refractivity contribution in [2.24, 2.45) is 5.92 Å². The van der Waals surface area contributed by atoms with E-state index in [1.54, 1.807) is 23.0 Å². The Morgan fingerprint density at radius 2 is 1.66 bits per heavy atom. The first kappa shape index (κ1) is 20.8. The molecule has 0 spiro atoms. The fourth-order valence-electron chi connectivity index (χ4n) is 4.38. The Bertz CT molecular complexity index is 1080. The van der Waals surface area contributed by atoms with Crippen molar-refractivity contribution in [1.29, 1.82) is 0 Å². The van der Waals surface area contributed by atoms with Crippen molar-refractivity contribution in [2.45, 2.75) is 26.1 Å². The van der Waals surface area contributed by atoms with Gasteiger partial charge in [-0.15, -0.1) is 0 Å². The summed E-state index contributed by atoms with van der Waals surface area (Å²) in [6, 6.07) is 14.1. The van der Waals surface area contributed by atoms with E-state index in [0.717, 1.165) is 24.0 Å². The second kappa shape index (κ2) is 8.84. The van der Waals surface area contributed by atoms with Crippen LogP contribution in [-0.4, -0.2) is 53.2 Å². The van der Waals surface area contributed by atoms with E-state index in [4.69, 9.17) is 14.6 Å². The highest BCUT2D eigenvalue weighted by atomic mass is 19.1. The molecule has 1 aromatic heterocycles. The summed E-state index contributed by atoms with van der Waals surface area (Å²) in [5.74, 6) is -0.0326. The van der Waals surface area contributed by atoms with Crippen molar-refractivity contribution in [3.63, 3.8) is 0 Å². The lowest BCUT2D eigenvalue weighted by molar-refractivity contribution is -0.0956. The van der Waals surface area contributed by atoms with Gasteiger partial charge in [-0.2, -0.15) is 5.10 Å². The number of aromatic nitrogens is 2. The van der Waals surface area contributed by atoms with Crippen LogP contribution >= 0.6 is 0 Å². The Morgan fingerprint density at radius 1 is 1.00 bits per heavy atom. The molecule has 0 N–H and O–H groups in total. The van der Waals surface area contributed by atoms with Crippen LogP contribution in [0.2, 0.25) is 0 Å². The molecule has 0 atom stereocenters. The van der Waals surface area contributed by atoms with Gasteiger partial charge >= 0.3 is 0 Å². The zero-order valence-electron chi connectivity index (χ0n) is 18.0. The van der Waals surface area contributed by atoms with Gasteiger partial charge in [0.05, 0.1) is 24.5 Å². The van der Waals surface area contributed by atoms with Crippen molar-refractivity contribution >= 4 is 5.91 Å². The lowest BCUT2D eigenvalue weighted by atomic mass is 9.95. The average Bonchev–Trinajstić information content (AvgIpc) is 3.51. The number of halogens is 1. The molecule has 0 radical (unpaired) electrons. The quantitative estimate of drug-likeness (QED) is 0.616. The van der Waals surface area contributed by atoms with Crippen LogP contribution in [0.5, 0.6) is 0 Å². The number of hydrogen-bond acceptors (Lipinski definition) is 4. The fraction of sp³-hybridized carbons (Fsp3) is 0.360. The molecule has 0 unspecified atom stereocenters. The highest BCUT2D eigenvalue weighted by Gasteiger charge is 2.33. The fourth-order valence-corrected chi connectivity index (χ4v) is 4.38. The molecule has 7 heteroatoms. The number of hydrogen-bond donors (Lipinski definition) is 0. The second-order valence-electron chi connectivity index (χ2n) is 8.42. The first-order valence-electron chi connectivity index (χ1n) is 11.0. The molecular weight excluding hydrogens is 409 g/mol. The lowest BCUT2D eigenvalue weighted by Crippen LogP contribution is -2.41. The number of carbonyl (C=O) groups excluding carboxylic acids is 1. The van der Waals surface area contributed by atoms with Gasteiger partial charge in [0.2, 0.25) is 0 Å². The zero-order chi connectivity index (χ0) is 22.1. The molecule has 3 aromatic rings. The molecule has 0 aliphatic carbocycles. The van der Waals surface area contributed by atoms with Crippen LogP contribution in [-0.2, 0) is 9.47 Å². The van der Waals surface area contributed by atoms with E-state index in [2.05, 4.69) is 0 Å². The monoisotopic (exact) mass is 435 g/mol. The van der Waals surface area contributed by atoms with Crippen LogP contribution in [0.3, 0.4) is 0 Å². The van der Waals surface area contributed by atoms with E-state index in [1.807, 2.05) is 36.1 Å². The number of amides is 1. The predicted molar refractivity (Wildman–Crippen MR) is 118 cm³/mol. The van der Waals surface area contributed by atoms with Crippen LogP contribution in [0.1, 0.15) is 28.8 Å². The predicted octanol–water partition coefficient (Wildman–Crippen LogP) is 4.21. The van der Waals surface area contributed by atoms with Gasteiger partial charge in [0.25, 0.3) is 5.91 Å². The third-order valence-corrected chi connectivity index (χ3v) is 6.22. The SMILES string of the molecule is Cc1ccc(-c2nn(-c3ccc(F)cc3)cc2C(=O)N2CCC(C3OCCO3)CC2)cc1. The maximum Gasteiger partial charge on any atom is 0.257 e. The maximum absolute atomic E-state index is 13.5. The molecule has 32 heavy (non-hydrogen) atoms. The average molecular weight is 435 g/mol. The lowest BCUT2D eigenvalue weighted by Gasteiger charge is -2.33. The van der Waals surface area contributed by atoms with Crippen LogP contribution in [0.4, 0.5) is 4.39 Å². The van der Waals surface area contributed by atoms with Gasteiger partial charge in [-0.25, -0.2) is 9.07 Å². The minimum atomic E-state index is -0.311. The van der Waals surface area contributed by atoms with Crippen molar-refractivity contribution < 1.29 is 18.7 Å². The normalized spacial score (nSPS) is 17.8. The Hall–Kier alpha value is -3.03. The molecule has 166 valence electrons. The molecular formula is C25H26FN3O3. The van der Waals surface area contributed by atoms with Crippen molar-refractivity contribution in [2.75, 3.05) is 26.3 Å². The Labute approximate surface area is 186 Å². The van der Waals surface area contributed by atoms with Gasteiger partial charge in [0.15, 0.2) is 6.29 Å². The van der Waals surface area contributed by atoms with Crippen molar-refractivity contribution in [3.05, 3.63) is 71.7 Å². The summed E-state index contributed by atoms with van der Waals surface area (Å²) in [4.78, 5) is 15.4. The smallest absolute Gasteiger partial charge is 0.257 e. The molecule has 2 saturated heterocycles. The number of likely N-dealkylation sites (tertiary alicyclic amines) is 1. The van der Waals surface area contributed by atoms with Gasteiger partial charge in [0.1, 0.15) is 11.5 Å². The topological polar surface area (TPSA) is 56.6 Å². The summed E-state index contributed by atoms with van der Waals surface area (Å²) in [6.45, 7) is 4.62. The summed E-state index contributed by atoms with van der Waals surface area (Å²) >= 11 is 0. The number of piperidine rings is 1. The summed E-state index contributed by atoms with van der Waals surface area (Å²) in [5, 5.41) is 4.71. The largest absolute Gasteiger partial charge is 0.350 e. The van der Waals surface area contributed by atoms with Crippen molar-refractivity contribution in [1.82, 2.24) is 14.7 Å². The molecule has 5 rings (SSSR count). The number of nitrogens with zero attached hydrogens (tertiary/aromatic N) is 3. The molecule has 0 bridgehead atoms. The Kier molecular flexibility index (Phi) is 5.76. The van der Waals surface area contributed by atoms with Crippen LogP contribution in [0, 0.1) is 18.7 Å². The van der Waals surface area contributed by atoms with E-state index in [1.165, 1.54) is 12.1 Å². The number of ether oxygens (including phenoxy) is 2. The molecule has 2 aliphatic rings. The van der Waals surface area contributed by atoms with Crippen LogP contribution in [0.15, 0.2) is 54.7 Å². The minimum absolute atomic E-state index is 0.0411. The van der Waals surface area contributed by atoms with Crippen LogP contribution in [0.25, 0.3) is 16.9 Å². The van der Waals surface area contributed by atoms with Gasteiger partial charge in [-0.3, -0.25) is 4.79 Å². The zero-order valence-corrected chi connectivity index (χ0v) is 18.0. The highest BCUT2D eigenvalue weighted by molar-refractivity contribution is 6.00. The Balaban J connectivity index is 1.43. The summed E-state index contributed by atoms with van der Waals surface area (Å²) in [7, 11) is 0. The number of aryl methyl sites for hydroxylation is 1. The van der Waals surface area contributed by atoms with Gasteiger partial charge in [-0.05, 0) is 44.0 Å². The van der Waals surface area contributed by atoms with Gasteiger partial charge < -0.3 is 14.4 Å². The standard InChI is InChI=1S/C25H26FN3O3/c1-17-2-4-18(5-3-17)23-22(16-29(27-23)21-8-6-20(26)7-9-21)24(30)28-12-10-19(11-13-28)25-31-14-15-32-25/h2-9,16,19,25H,10-15H2,1H3. The maximum atomic E-state index is 13.5. The summed E-state index contributed by atoms with van der Waals surface area (Å²) in [5.41, 5.74) is 3.89.